The van der Waals surface area contributed by atoms with Gasteiger partial charge in [0.25, 0.3) is 0 Å². The van der Waals surface area contributed by atoms with E-state index < -0.39 is 0 Å². The van der Waals surface area contributed by atoms with E-state index in [0.717, 1.165) is 12.1 Å². The lowest BCUT2D eigenvalue weighted by molar-refractivity contribution is 0.154. The van der Waals surface area contributed by atoms with Crippen LogP contribution in [0, 0.1) is 5.92 Å². The van der Waals surface area contributed by atoms with Crippen molar-refractivity contribution >= 4 is 11.9 Å². The maximum Gasteiger partial charge on any atom is 0.125 e. The van der Waals surface area contributed by atoms with Gasteiger partial charge in [0.2, 0.25) is 0 Å². The highest BCUT2D eigenvalue weighted by Crippen LogP contribution is 2.13. The van der Waals surface area contributed by atoms with Gasteiger partial charge in [-0.3, -0.25) is 0 Å². The van der Waals surface area contributed by atoms with E-state index in [9.17, 15) is 0 Å². The van der Waals surface area contributed by atoms with E-state index in [1.165, 1.54) is 5.56 Å². The normalized spacial score (nSPS) is 20.2. The molecule has 3 nitrogen and oxygen atoms in total. The van der Waals surface area contributed by atoms with Crippen LogP contribution in [0.4, 0.5) is 5.69 Å². The predicted octanol–water partition coefficient (Wildman–Crippen LogP) is 1.44. The Labute approximate surface area is 77.2 Å². The van der Waals surface area contributed by atoms with Crippen molar-refractivity contribution in [2.24, 2.45) is 11.1 Å². The quantitative estimate of drug-likeness (QED) is 0.693. The molecule has 0 saturated carbocycles. The van der Waals surface area contributed by atoms with Crippen LogP contribution in [0.3, 0.4) is 0 Å². The van der Waals surface area contributed by atoms with Crippen LogP contribution in [-0.4, -0.2) is 12.8 Å². The maximum absolute atomic E-state index is 5.58. The standard InChI is InChI=1S/C10H12N2O/c11-10-3-1-8(2-4-10)5-9-6-12-13-7-9/h1-4,6,9H,5,7,11H2/t9-/m0/s1. The number of nitrogens with two attached hydrogens (primary N) is 1. The van der Waals surface area contributed by atoms with Gasteiger partial charge in [0, 0.05) is 11.6 Å². The summed E-state index contributed by atoms with van der Waals surface area (Å²) in [6.45, 7) is 0.699. The number of nitrogens with zero attached hydrogens (tertiary/aromatic N) is 1. The second kappa shape index (κ2) is 3.47. The number of nitrogen functional groups attached to an aromatic ring is 1. The monoisotopic (exact) mass is 176 g/mol. The molecule has 68 valence electrons. The van der Waals surface area contributed by atoms with Crippen LogP contribution in [0.5, 0.6) is 0 Å². The number of benzene rings is 1. The highest BCUT2D eigenvalue weighted by Gasteiger charge is 2.12. The molecule has 1 heterocycles. The first-order chi connectivity index (χ1) is 6.34. The first-order valence-electron chi connectivity index (χ1n) is 4.34. The maximum atomic E-state index is 5.58. The summed E-state index contributed by atoms with van der Waals surface area (Å²) in [6, 6.07) is 7.92. The Morgan fingerprint density at radius 3 is 2.77 bits per heavy atom. The van der Waals surface area contributed by atoms with Crippen LogP contribution in [-0.2, 0) is 11.3 Å². The molecular formula is C10H12N2O. The number of oxime groups is 1. The molecule has 3 heteroatoms. The van der Waals surface area contributed by atoms with Gasteiger partial charge < -0.3 is 10.6 Å². The summed E-state index contributed by atoms with van der Waals surface area (Å²) in [7, 11) is 0. The van der Waals surface area contributed by atoms with Crippen LogP contribution < -0.4 is 5.73 Å². The summed E-state index contributed by atoms with van der Waals surface area (Å²) >= 11 is 0. The summed E-state index contributed by atoms with van der Waals surface area (Å²) in [6.07, 6.45) is 2.83. The topological polar surface area (TPSA) is 47.6 Å². The van der Waals surface area contributed by atoms with E-state index in [4.69, 9.17) is 10.6 Å². The first-order valence-corrected chi connectivity index (χ1v) is 4.34. The van der Waals surface area contributed by atoms with E-state index in [1.807, 2.05) is 30.5 Å². The molecule has 2 N–H and O–H groups in total. The van der Waals surface area contributed by atoms with E-state index in [-0.39, 0.29) is 0 Å². The van der Waals surface area contributed by atoms with Gasteiger partial charge in [-0.1, -0.05) is 17.3 Å². The summed E-state index contributed by atoms with van der Waals surface area (Å²) in [4.78, 5) is 4.90. The van der Waals surface area contributed by atoms with Crippen molar-refractivity contribution in [2.45, 2.75) is 6.42 Å². The minimum Gasteiger partial charge on any atom is -0.399 e. The molecule has 0 bridgehead atoms. The van der Waals surface area contributed by atoms with Crippen molar-refractivity contribution in [2.75, 3.05) is 12.3 Å². The minimum atomic E-state index is 0.420. The van der Waals surface area contributed by atoms with E-state index in [1.54, 1.807) is 0 Å². The fourth-order valence-corrected chi connectivity index (χ4v) is 1.38. The van der Waals surface area contributed by atoms with E-state index in [2.05, 4.69) is 5.16 Å². The zero-order valence-corrected chi connectivity index (χ0v) is 7.31. The second-order valence-electron chi connectivity index (χ2n) is 3.26. The fraction of sp³-hybridized carbons (Fsp3) is 0.300. The highest BCUT2D eigenvalue weighted by atomic mass is 16.6. The van der Waals surface area contributed by atoms with Crippen LogP contribution in [0.2, 0.25) is 0 Å². The average molecular weight is 176 g/mol. The molecule has 0 amide bonds. The molecular weight excluding hydrogens is 164 g/mol. The Hall–Kier alpha value is -1.51. The molecule has 0 unspecified atom stereocenters. The molecule has 0 fully saturated rings. The Bertz CT molecular complexity index is 305. The van der Waals surface area contributed by atoms with Gasteiger partial charge in [0.15, 0.2) is 0 Å². The van der Waals surface area contributed by atoms with Gasteiger partial charge in [-0.25, -0.2) is 0 Å². The SMILES string of the molecule is Nc1ccc(C[C@H]2C=NOC2)cc1. The molecule has 1 aromatic carbocycles. The van der Waals surface area contributed by atoms with Crippen LogP contribution in [0.1, 0.15) is 5.56 Å². The van der Waals surface area contributed by atoms with Crippen LogP contribution >= 0.6 is 0 Å². The Kier molecular flexibility index (Phi) is 2.17. The second-order valence-corrected chi connectivity index (χ2v) is 3.26. The fourth-order valence-electron chi connectivity index (χ4n) is 1.38. The van der Waals surface area contributed by atoms with Gasteiger partial charge in [-0.05, 0) is 24.1 Å². The molecule has 1 aliphatic heterocycles. The van der Waals surface area contributed by atoms with E-state index in [0.29, 0.717) is 12.5 Å². The van der Waals surface area contributed by atoms with Crippen LogP contribution in [0.25, 0.3) is 0 Å². The van der Waals surface area contributed by atoms with Gasteiger partial charge >= 0.3 is 0 Å². The molecule has 0 aliphatic carbocycles. The highest BCUT2D eigenvalue weighted by molar-refractivity contribution is 5.62. The number of anilines is 1. The van der Waals surface area contributed by atoms with Crippen LogP contribution in [0.15, 0.2) is 29.4 Å². The molecule has 1 aromatic rings. The molecule has 0 saturated heterocycles. The molecule has 0 radical (unpaired) electrons. The van der Waals surface area contributed by atoms with Gasteiger partial charge in [0.05, 0.1) is 6.21 Å². The largest absolute Gasteiger partial charge is 0.399 e. The van der Waals surface area contributed by atoms with Crippen molar-refractivity contribution in [1.82, 2.24) is 0 Å². The Balaban J connectivity index is 2.01. The molecule has 1 atom stereocenters. The van der Waals surface area contributed by atoms with Gasteiger partial charge in [-0.2, -0.15) is 0 Å². The first kappa shape index (κ1) is 8.10. The van der Waals surface area contributed by atoms with Crippen molar-refractivity contribution in [3.8, 4) is 0 Å². The third-order valence-corrected chi connectivity index (χ3v) is 2.11. The van der Waals surface area contributed by atoms with Crippen molar-refractivity contribution in [3.63, 3.8) is 0 Å². The minimum absolute atomic E-state index is 0.420. The van der Waals surface area contributed by atoms with Crippen molar-refractivity contribution in [3.05, 3.63) is 29.8 Å². The molecule has 13 heavy (non-hydrogen) atoms. The lowest BCUT2D eigenvalue weighted by Crippen LogP contribution is -2.06. The average Bonchev–Trinajstić information content (AvgIpc) is 2.62. The van der Waals surface area contributed by atoms with Crippen molar-refractivity contribution < 1.29 is 4.84 Å². The molecule has 0 spiro atoms. The molecule has 1 aliphatic rings. The zero-order valence-electron chi connectivity index (χ0n) is 7.31. The third-order valence-electron chi connectivity index (χ3n) is 2.11. The lowest BCUT2D eigenvalue weighted by Gasteiger charge is -2.04. The number of rotatable bonds is 2. The predicted molar refractivity (Wildman–Crippen MR) is 52.5 cm³/mol. The Morgan fingerprint density at radius 1 is 1.38 bits per heavy atom. The van der Waals surface area contributed by atoms with Gasteiger partial charge in [0.1, 0.15) is 6.61 Å². The third kappa shape index (κ3) is 1.99. The zero-order chi connectivity index (χ0) is 9.10. The number of hydrogen-bond donors (Lipinski definition) is 1. The number of hydrogen-bond acceptors (Lipinski definition) is 3. The van der Waals surface area contributed by atoms with E-state index >= 15 is 0 Å². The summed E-state index contributed by atoms with van der Waals surface area (Å²) in [5.41, 5.74) is 7.66. The molecule has 0 aromatic heterocycles. The summed E-state index contributed by atoms with van der Waals surface area (Å²) in [5.74, 6) is 0.420. The lowest BCUT2D eigenvalue weighted by atomic mass is 10.0. The smallest absolute Gasteiger partial charge is 0.125 e. The summed E-state index contributed by atoms with van der Waals surface area (Å²) < 4.78 is 0. The Morgan fingerprint density at radius 2 is 2.15 bits per heavy atom. The summed E-state index contributed by atoms with van der Waals surface area (Å²) in [5, 5.41) is 3.73. The van der Waals surface area contributed by atoms with Gasteiger partial charge in [-0.15, -0.1) is 0 Å². The molecule has 2 rings (SSSR count). The van der Waals surface area contributed by atoms with Crippen molar-refractivity contribution in [1.29, 1.82) is 0 Å².